The van der Waals surface area contributed by atoms with Crippen LogP contribution in [0.1, 0.15) is 12.8 Å². The van der Waals surface area contributed by atoms with E-state index in [9.17, 15) is 9.59 Å². The first-order valence-corrected chi connectivity index (χ1v) is 11.6. The zero-order valence-electron chi connectivity index (χ0n) is 16.2. The lowest BCUT2D eigenvalue weighted by Crippen LogP contribution is -2.37. The molecule has 1 aromatic heterocycles. The molecule has 0 spiro atoms. The van der Waals surface area contributed by atoms with Crippen molar-refractivity contribution in [3.8, 4) is 10.6 Å². The van der Waals surface area contributed by atoms with Gasteiger partial charge in [-0.1, -0.05) is 12.1 Å². The van der Waals surface area contributed by atoms with Gasteiger partial charge in [-0.05, 0) is 37.1 Å². The van der Waals surface area contributed by atoms with Crippen LogP contribution in [-0.4, -0.2) is 30.8 Å². The molecule has 1 saturated heterocycles. The first-order chi connectivity index (χ1) is 14.7. The molecule has 2 saturated carbocycles. The fourth-order valence-corrected chi connectivity index (χ4v) is 7.20. The molecule has 3 fully saturated rings. The predicted molar refractivity (Wildman–Crippen MR) is 113 cm³/mol. The summed E-state index contributed by atoms with van der Waals surface area (Å²) in [6.45, 7) is -0.147. The van der Waals surface area contributed by atoms with E-state index in [2.05, 4.69) is 35.7 Å². The summed E-state index contributed by atoms with van der Waals surface area (Å²) in [6.07, 6.45) is 1.13. The first-order valence-electron chi connectivity index (χ1n) is 10.3. The van der Waals surface area contributed by atoms with Crippen molar-refractivity contribution in [2.75, 3.05) is 6.61 Å². The Labute approximate surface area is 176 Å². The second kappa shape index (κ2) is 6.84. The fraction of sp³-hybridized carbons (Fsp3) is 0.333. The molecule has 0 radical (unpaired) electrons. The topological polar surface area (TPSA) is 61.8 Å². The van der Waals surface area contributed by atoms with Crippen LogP contribution in [-0.2, 0) is 19.1 Å². The molecule has 3 aromatic rings. The number of carbonyl (C=O) groups excluding carboxylic acids is 2. The third-order valence-corrected chi connectivity index (χ3v) is 8.69. The van der Waals surface area contributed by atoms with Gasteiger partial charge in [0.15, 0.2) is 16.2 Å². The van der Waals surface area contributed by atoms with E-state index >= 15 is 0 Å². The molecule has 2 heterocycles. The summed E-state index contributed by atoms with van der Waals surface area (Å²) >= 11 is 0. The summed E-state index contributed by atoms with van der Waals surface area (Å²) in [7, 11) is -0.0643. The molecule has 2 bridgehead atoms. The summed E-state index contributed by atoms with van der Waals surface area (Å²) in [5.41, 5.74) is 0. The molecule has 2 aliphatic carbocycles. The molecule has 0 N–H and O–H groups in total. The van der Waals surface area contributed by atoms with Gasteiger partial charge in [-0.25, -0.2) is 4.79 Å². The van der Waals surface area contributed by atoms with Crippen molar-refractivity contribution >= 4 is 32.5 Å². The Balaban J connectivity index is 1.08. The van der Waals surface area contributed by atoms with Gasteiger partial charge >= 0.3 is 11.9 Å². The molecule has 2 aromatic carbocycles. The summed E-state index contributed by atoms with van der Waals surface area (Å²) in [6, 6.07) is 18.5. The number of hydrogen-bond donors (Lipinski definition) is 0. The van der Waals surface area contributed by atoms with E-state index in [0.29, 0.717) is 5.75 Å². The van der Waals surface area contributed by atoms with Crippen LogP contribution in [0, 0.1) is 17.8 Å². The third kappa shape index (κ3) is 2.82. The molecule has 6 atom stereocenters. The van der Waals surface area contributed by atoms with Crippen molar-refractivity contribution < 1.29 is 23.8 Å². The van der Waals surface area contributed by atoms with Gasteiger partial charge in [-0.15, -0.1) is 0 Å². The number of ether oxygens (including phenoxy) is 3. The van der Waals surface area contributed by atoms with Crippen LogP contribution in [0.15, 0.2) is 60.0 Å². The molecular formula is C24H21O5S+. The largest absolute Gasteiger partial charge is 0.482 e. The molecule has 3 aliphatic rings. The Hall–Kier alpha value is -2.86. The summed E-state index contributed by atoms with van der Waals surface area (Å²) < 4.78 is 18.1. The molecule has 6 rings (SSSR count). The van der Waals surface area contributed by atoms with E-state index in [1.54, 1.807) is 0 Å². The van der Waals surface area contributed by atoms with Crippen molar-refractivity contribution in [1.29, 1.82) is 0 Å². The minimum Gasteiger partial charge on any atom is -0.482 e. The summed E-state index contributed by atoms with van der Waals surface area (Å²) in [4.78, 5) is 25.4. The highest BCUT2D eigenvalue weighted by Gasteiger charge is 2.63. The van der Waals surface area contributed by atoms with E-state index in [1.165, 1.54) is 15.0 Å². The number of carbonyl (C=O) groups is 2. The zero-order valence-corrected chi connectivity index (χ0v) is 17.0. The maximum absolute atomic E-state index is 12.3. The quantitative estimate of drug-likeness (QED) is 0.450. The van der Waals surface area contributed by atoms with E-state index in [4.69, 9.17) is 14.2 Å². The highest BCUT2D eigenvalue weighted by molar-refractivity contribution is 7.43. The van der Waals surface area contributed by atoms with Crippen molar-refractivity contribution in [1.82, 2.24) is 0 Å². The lowest BCUT2D eigenvalue weighted by atomic mass is 9.88. The van der Waals surface area contributed by atoms with Crippen molar-refractivity contribution in [2.45, 2.75) is 25.0 Å². The highest BCUT2D eigenvalue weighted by Crippen LogP contribution is 2.55. The van der Waals surface area contributed by atoms with Gasteiger partial charge < -0.3 is 14.2 Å². The first kappa shape index (κ1) is 18.0. The molecule has 6 heteroatoms. The van der Waals surface area contributed by atoms with Crippen LogP contribution < -0.4 is 4.74 Å². The van der Waals surface area contributed by atoms with Gasteiger partial charge in [-0.2, -0.15) is 0 Å². The van der Waals surface area contributed by atoms with Crippen LogP contribution in [0.25, 0.3) is 15.0 Å². The Morgan fingerprint density at radius 1 is 1.07 bits per heavy atom. The molecule has 1 aliphatic heterocycles. The summed E-state index contributed by atoms with van der Waals surface area (Å²) in [5.74, 6) is 0.587. The van der Waals surface area contributed by atoms with E-state index < -0.39 is 5.97 Å². The summed E-state index contributed by atoms with van der Waals surface area (Å²) in [5, 5.41) is 3.50. The number of hydrogen-bond acceptors (Lipinski definition) is 5. The lowest BCUT2D eigenvalue weighted by Gasteiger charge is -2.25. The SMILES string of the molecule is O=C(COc1ccc(-[s+]2ccc3ccccc32)cc1)OC1C2CC3C(=O)OC1C3C2. The molecule has 30 heavy (non-hydrogen) atoms. The average Bonchev–Trinajstić information content (AvgIpc) is 3.50. The van der Waals surface area contributed by atoms with Gasteiger partial charge in [-0.3, -0.25) is 4.79 Å². The fourth-order valence-electron chi connectivity index (χ4n) is 5.31. The second-order valence-corrected chi connectivity index (χ2v) is 10.2. The minimum atomic E-state index is -0.411. The van der Waals surface area contributed by atoms with E-state index in [0.717, 1.165) is 12.8 Å². The number of fused-ring (bicyclic) bond motifs is 2. The van der Waals surface area contributed by atoms with Crippen LogP contribution in [0.3, 0.4) is 0 Å². The molecule has 152 valence electrons. The maximum Gasteiger partial charge on any atom is 0.344 e. The van der Waals surface area contributed by atoms with Gasteiger partial charge in [0.2, 0.25) is 0 Å². The van der Waals surface area contributed by atoms with Crippen LogP contribution in [0.2, 0.25) is 0 Å². The van der Waals surface area contributed by atoms with Crippen LogP contribution in [0.5, 0.6) is 5.75 Å². The molecular weight excluding hydrogens is 400 g/mol. The van der Waals surface area contributed by atoms with Gasteiger partial charge in [0.1, 0.15) is 23.3 Å². The number of thiophene rings is 1. The standard InChI is InChI=1S/C24H21O5S/c25-21(28-22-15-11-18-19(12-15)24(26)29-23(18)22)13-27-16-5-7-17(8-6-16)30-10-9-14-3-1-2-4-20(14)30/h1-10,15,18-19,22-23H,11-13H2/q+1. The number of rotatable bonds is 5. The Kier molecular flexibility index (Phi) is 4.09. The van der Waals surface area contributed by atoms with Crippen molar-refractivity contribution in [3.05, 3.63) is 60.0 Å². The van der Waals surface area contributed by atoms with Gasteiger partial charge in [0.05, 0.1) is 5.92 Å². The monoisotopic (exact) mass is 421 g/mol. The van der Waals surface area contributed by atoms with Gasteiger partial charge in [0, 0.05) is 45.9 Å². The zero-order chi connectivity index (χ0) is 20.2. The Morgan fingerprint density at radius 3 is 2.77 bits per heavy atom. The highest BCUT2D eigenvalue weighted by atomic mass is 32.2. The predicted octanol–water partition coefficient (Wildman–Crippen LogP) is 4.45. The lowest BCUT2D eigenvalue weighted by molar-refractivity contribution is -0.163. The van der Waals surface area contributed by atoms with E-state index in [1.807, 2.05) is 24.3 Å². The smallest absolute Gasteiger partial charge is 0.344 e. The molecule has 0 amide bonds. The van der Waals surface area contributed by atoms with Crippen molar-refractivity contribution in [2.24, 2.45) is 17.8 Å². The van der Waals surface area contributed by atoms with Crippen LogP contribution >= 0.6 is 10.5 Å². The minimum absolute atomic E-state index is 0.0205. The number of esters is 2. The third-order valence-electron chi connectivity index (χ3n) is 6.66. The Bertz CT molecular complexity index is 1130. The number of benzene rings is 2. The van der Waals surface area contributed by atoms with Crippen LogP contribution in [0.4, 0.5) is 0 Å². The molecule has 5 nitrogen and oxygen atoms in total. The van der Waals surface area contributed by atoms with E-state index in [-0.39, 0.29) is 53.0 Å². The molecule has 6 unspecified atom stereocenters. The Morgan fingerprint density at radius 2 is 1.90 bits per heavy atom. The maximum atomic E-state index is 12.3. The average molecular weight is 421 g/mol. The normalized spacial score (nSPS) is 29.3. The second-order valence-electron chi connectivity index (χ2n) is 8.30. The van der Waals surface area contributed by atoms with Crippen molar-refractivity contribution in [3.63, 3.8) is 0 Å². The van der Waals surface area contributed by atoms with Gasteiger partial charge in [0.25, 0.3) is 0 Å².